The highest BCUT2D eigenvalue weighted by Gasteiger charge is 2.30. The van der Waals surface area contributed by atoms with Crippen molar-refractivity contribution in [1.82, 2.24) is 0 Å². The smallest absolute Gasteiger partial charge is 0.227 e. The number of carbonyl (C=O) groups excluding carboxylic acids is 2. The van der Waals surface area contributed by atoms with E-state index in [9.17, 15) is 18.4 Å². The van der Waals surface area contributed by atoms with Crippen LogP contribution in [-0.2, 0) is 9.59 Å². The second-order valence-electron chi connectivity index (χ2n) is 6.97. The van der Waals surface area contributed by atoms with Crippen LogP contribution >= 0.6 is 0 Å². The molecule has 1 aliphatic carbocycles. The minimum Gasteiger partial charge on any atom is -0.326 e. The monoisotopic (exact) mass is 372 g/mol. The number of hydrogen-bond donors (Lipinski definition) is 2. The number of anilines is 2. The van der Waals surface area contributed by atoms with E-state index in [-0.39, 0.29) is 29.3 Å². The Morgan fingerprint density at radius 2 is 1.41 bits per heavy atom. The molecule has 1 fully saturated rings. The summed E-state index contributed by atoms with van der Waals surface area (Å²) in [6, 6.07) is 10.6. The molecule has 0 bridgehead atoms. The zero-order valence-corrected chi connectivity index (χ0v) is 15.1. The summed E-state index contributed by atoms with van der Waals surface area (Å²) in [7, 11) is 0. The molecule has 2 aromatic carbocycles. The molecule has 0 aromatic heterocycles. The van der Waals surface area contributed by atoms with E-state index in [2.05, 4.69) is 10.6 Å². The number of halogens is 2. The Kier molecular flexibility index (Phi) is 5.84. The van der Waals surface area contributed by atoms with Crippen LogP contribution in [0.1, 0.15) is 31.2 Å². The maximum Gasteiger partial charge on any atom is 0.227 e. The van der Waals surface area contributed by atoms with Gasteiger partial charge in [-0.05, 0) is 56.4 Å². The minimum atomic E-state index is -0.797. The molecule has 0 aliphatic heterocycles. The molecule has 3 rings (SSSR count). The summed E-state index contributed by atoms with van der Waals surface area (Å²) in [5, 5.41) is 5.47. The molecule has 6 heteroatoms. The Morgan fingerprint density at radius 1 is 0.852 bits per heavy atom. The van der Waals surface area contributed by atoms with Crippen molar-refractivity contribution in [2.75, 3.05) is 10.6 Å². The minimum absolute atomic E-state index is 0.0270. The van der Waals surface area contributed by atoms with Crippen LogP contribution in [0, 0.1) is 30.4 Å². The van der Waals surface area contributed by atoms with Gasteiger partial charge in [0.25, 0.3) is 0 Å². The van der Waals surface area contributed by atoms with Gasteiger partial charge in [0.1, 0.15) is 11.6 Å². The third-order valence-corrected chi connectivity index (χ3v) is 5.06. The zero-order chi connectivity index (χ0) is 19.4. The van der Waals surface area contributed by atoms with Crippen LogP contribution < -0.4 is 10.6 Å². The summed E-state index contributed by atoms with van der Waals surface area (Å²) in [5.74, 6) is -2.24. The molecule has 0 atom stereocenters. The molecule has 0 radical (unpaired) electrons. The third-order valence-electron chi connectivity index (χ3n) is 5.06. The van der Waals surface area contributed by atoms with Crippen LogP contribution in [0.3, 0.4) is 0 Å². The maximum absolute atomic E-state index is 13.7. The highest BCUT2D eigenvalue weighted by atomic mass is 19.1. The number of carbonyl (C=O) groups is 2. The van der Waals surface area contributed by atoms with E-state index >= 15 is 0 Å². The van der Waals surface area contributed by atoms with Crippen molar-refractivity contribution in [3.05, 3.63) is 59.7 Å². The number of aryl methyl sites for hydroxylation is 1. The highest BCUT2D eigenvalue weighted by molar-refractivity contribution is 5.94. The lowest BCUT2D eigenvalue weighted by Crippen LogP contribution is -2.32. The summed E-state index contributed by atoms with van der Waals surface area (Å²) >= 11 is 0. The summed E-state index contributed by atoms with van der Waals surface area (Å²) < 4.78 is 26.6. The van der Waals surface area contributed by atoms with Crippen molar-refractivity contribution in [2.45, 2.75) is 32.6 Å². The van der Waals surface area contributed by atoms with Crippen molar-refractivity contribution in [3.63, 3.8) is 0 Å². The topological polar surface area (TPSA) is 58.2 Å². The number of amides is 2. The number of nitrogens with one attached hydrogen (secondary N) is 2. The van der Waals surface area contributed by atoms with Crippen molar-refractivity contribution < 1.29 is 18.4 Å². The van der Waals surface area contributed by atoms with Crippen molar-refractivity contribution in [2.24, 2.45) is 11.8 Å². The first-order chi connectivity index (χ1) is 12.9. The number of rotatable bonds is 4. The molecule has 2 amide bonds. The first-order valence-corrected chi connectivity index (χ1v) is 9.06. The molecule has 0 unspecified atom stereocenters. The molecule has 2 N–H and O–H groups in total. The standard InChI is InChI=1S/C21H22F2N2O2/c1-13-4-2-3-5-18(13)24-20(26)14-6-8-15(9-7-14)21(27)25-19-11-10-16(22)12-17(19)23/h2-5,10-12,14-15H,6-9H2,1H3,(H,24,26)(H,25,27). The molecule has 1 saturated carbocycles. The molecule has 1 aliphatic rings. The predicted octanol–water partition coefficient (Wildman–Crippen LogP) is 4.66. The van der Waals surface area contributed by atoms with Crippen molar-refractivity contribution in [3.8, 4) is 0 Å². The Bertz CT molecular complexity index is 846. The van der Waals surface area contributed by atoms with E-state index in [1.54, 1.807) is 0 Å². The molecule has 0 spiro atoms. The fourth-order valence-corrected chi connectivity index (χ4v) is 3.39. The molecule has 2 aromatic rings. The Hall–Kier alpha value is -2.76. The number of hydrogen-bond acceptors (Lipinski definition) is 2. The zero-order valence-electron chi connectivity index (χ0n) is 15.1. The quantitative estimate of drug-likeness (QED) is 0.820. The van der Waals surface area contributed by atoms with Gasteiger partial charge in [-0.1, -0.05) is 18.2 Å². The lowest BCUT2D eigenvalue weighted by molar-refractivity contribution is -0.125. The van der Waals surface area contributed by atoms with Gasteiger partial charge in [0.2, 0.25) is 11.8 Å². The first-order valence-electron chi connectivity index (χ1n) is 9.06. The summed E-state index contributed by atoms with van der Waals surface area (Å²) in [5.41, 5.74) is 1.77. The third kappa shape index (κ3) is 4.70. The molecule has 27 heavy (non-hydrogen) atoms. The second-order valence-corrected chi connectivity index (χ2v) is 6.97. The van der Waals surface area contributed by atoms with Gasteiger partial charge >= 0.3 is 0 Å². The van der Waals surface area contributed by atoms with Gasteiger partial charge in [0, 0.05) is 23.6 Å². The Labute approximate surface area is 157 Å². The fraction of sp³-hybridized carbons (Fsp3) is 0.333. The van der Waals surface area contributed by atoms with Gasteiger partial charge in [0.05, 0.1) is 5.69 Å². The molecule has 0 saturated heterocycles. The van der Waals surface area contributed by atoms with Crippen LogP contribution in [-0.4, -0.2) is 11.8 Å². The van der Waals surface area contributed by atoms with Crippen LogP contribution in [0.4, 0.5) is 20.2 Å². The van der Waals surface area contributed by atoms with Crippen LogP contribution in [0.5, 0.6) is 0 Å². The van der Waals surface area contributed by atoms with Gasteiger partial charge in [-0.2, -0.15) is 0 Å². The largest absolute Gasteiger partial charge is 0.326 e. The lowest BCUT2D eigenvalue weighted by Gasteiger charge is -2.27. The average molecular weight is 372 g/mol. The molecular formula is C21H22F2N2O2. The molecule has 142 valence electrons. The van der Waals surface area contributed by atoms with Crippen LogP contribution in [0.25, 0.3) is 0 Å². The molecule has 0 heterocycles. The van der Waals surface area contributed by atoms with E-state index in [1.807, 2.05) is 31.2 Å². The summed E-state index contributed by atoms with van der Waals surface area (Å²) in [6.45, 7) is 1.94. The first kappa shape index (κ1) is 19.0. The predicted molar refractivity (Wildman–Crippen MR) is 100 cm³/mol. The van der Waals surface area contributed by atoms with E-state index in [0.29, 0.717) is 25.7 Å². The van der Waals surface area contributed by atoms with Gasteiger partial charge in [-0.15, -0.1) is 0 Å². The van der Waals surface area contributed by atoms with Crippen LogP contribution in [0.15, 0.2) is 42.5 Å². The maximum atomic E-state index is 13.7. The van der Waals surface area contributed by atoms with E-state index < -0.39 is 11.6 Å². The summed E-state index contributed by atoms with van der Waals surface area (Å²) in [4.78, 5) is 24.8. The van der Waals surface area contributed by atoms with E-state index in [1.165, 1.54) is 6.07 Å². The molecular weight excluding hydrogens is 350 g/mol. The lowest BCUT2D eigenvalue weighted by atomic mass is 9.81. The van der Waals surface area contributed by atoms with Crippen LogP contribution in [0.2, 0.25) is 0 Å². The average Bonchev–Trinajstić information content (AvgIpc) is 2.66. The normalized spacial score (nSPS) is 19.4. The second kappa shape index (κ2) is 8.29. The summed E-state index contributed by atoms with van der Waals surface area (Å²) in [6.07, 6.45) is 2.31. The fourth-order valence-electron chi connectivity index (χ4n) is 3.39. The number of benzene rings is 2. The van der Waals surface area contributed by atoms with Crippen molar-refractivity contribution in [1.29, 1.82) is 0 Å². The molecule has 4 nitrogen and oxygen atoms in total. The highest BCUT2D eigenvalue weighted by Crippen LogP contribution is 2.31. The van der Waals surface area contributed by atoms with E-state index in [0.717, 1.165) is 23.4 Å². The SMILES string of the molecule is Cc1ccccc1NC(=O)C1CCC(C(=O)Nc2ccc(F)cc2F)CC1. The van der Waals surface area contributed by atoms with Crippen molar-refractivity contribution >= 4 is 23.2 Å². The number of para-hydroxylation sites is 1. The van der Waals surface area contributed by atoms with E-state index in [4.69, 9.17) is 0 Å². The Balaban J connectivity index is 1.53. The Morgan fingerprint density at radius 3 is 1.96 bits per heavy atom. The van der Waals surface area contributed by atoms with Gasteiger partial charge in [-0.25, -0.2) is 8.78 Å². The van der Waals surface area contributed by atoms with Gasteiger partial charge < -0.3 is 10.6 Å². The van der Waals surface area contributed by atoms with Gasteiger partial charge in [-0.3, -0.25) is 9.59 Å². The van der Waals surface area contributed by atoms with Gasteiger partial charge in [0.15, 0.2) is 0 Å².